The van der Waals surface area contributed by atoms with Gasteiger partial charge in [-0.1, -0.05) is 19.1 Å². The number of halogens is 5. The molecule has 6 nitrogen and oxygen atoms in total. The van der Waals surface area contributed by atoms with E-state index in [0.717, 1.165) is 34.6 Å². The summed E-state index contributed by atoms with van der Waals surface area (Å²) < 4.78 is 101. The maximum Gasteiger partial charge on any atom is 0.416 e. The van der Waals surface area contributed by atoms with Gasteiger partial charge in [0, 0.05) is 6.07 Å². The van der Waals surface area contributed by atoms with Gasteiger partial charge in [-0.25, -0.2) is 17.2 Å². The zero-order chi connectivity index (χ0) is 27.1. The number of aliphatic carboxylic acids is 1. The predicted molar refractivity (Wildman–Crippen MR) is 124 cm³/mol. The lowest BCUT2D eigenvalue weighted by molar-refractivity contribution is -0.142. The molecule has 3 aromatic rings. The van der Waals surface area contributed by atoms with E-state index in [1.165, 1.54) is 25.1 Å². The van der Waals surface area contributed by atoms with Crippen molar-refractivity contribution < 1.29 is 45.0 Å². The number of hydrogen-bond acceptors (Lipinski definition) is 4. The lowest BCUT2D eigenvalue weighted by atomic mass is 10.0. The van der Waals surface area contributed by atoms with Crippen molar-refractivity contribution in [1.29, 1.82) is 0 Å². The van der Waals surface area contributed by atoms with Crippen molar-refractivity contribution in [2.75, 3.05) is 10.8 Å². The summed E-state index contributed by atoms with van der Waals surface area (Å²) in [5.74, 6) is -3.74. The molecule has 1 aliphatic heterocycles. The van der Waals surface area contributed by atoms with Gasteiger partial charge >= 0.3 is 12.1 Å². The maximum atomic E-state index is 13.8. The highest BCUT2D eigenvalue weighted by Crippen LogP contribution is 2.41. The highest BCUT2D eigenvalue weighted by molar-refractivity contribution is 7.92. The third-order valence-electron chi connectivity index (χ3n) is 5.87. The molecule has 37 heavy (non-hydrogen) atoms. The summed E-state index contributed by atoms with van der Waals surface area (Å²) in [7, 11) is -4.60. The third-order valence-corrected chi connectivity index (χ3v) is 7.65. The molecule has 1 heterocycles. The Hall–Kier alpha value is -3.67. The molecular formula is C25H20F5NO5S. The van der Waals surface area contributed by atoms with E-state index in [1.54, 1.807) is 0 Å². The van der Waals surface area contributed by atoms with Crippen LogP contribution in [0.2, 0.25) is 0 Å². The van der Waals surface area contributed by atoms with Crippen molar-refractivity contribution in [1.82, 2.24) is 0 Å². The van der Waals surface area contributed by atoms with Crippen LogP contribution < -0.4 is 9.04 Å². The zero-order valence-electron chi connectivity index (χ0n) is 19.2. The molecule has 0 radical (unpaired) electrons. The first kappa shape index (κ1) is 26.4. The number of ether oxygens (including phenoxy) is 1. The number of rotatable bonds is 6. The summed E-state index contributed by atoms with van der Waals surface area (Å²) in [6.45, 7) is 1.01. The number of carboxylic acid groups (broad SMARTS) is 1. The van der Waals surface area contributed by atoms with Gasteiger partial charge in [0.2, 0.25) is 0 Å². The molecule has 2 atom stereocenters. The van der Waals surface area contributed by atoms with Gasteiger partial charge in [-0.2, -0.15) is 13.2 Å². The fourth-order valence-corrected chi connectivity index (χ4v) is 5.56. The third kappa shape index (κ3) is 5.53. The molecule has 0 bridgehead atoms. The van der Waals surface area contributed by atoms with E-state index in [0.29, 0.717) is 12.1 Å². The lowest BCUT2D eigenvalue weighted by Crippen LogP contribution is -2.44. The van der Waals surface area contributed by atoms with E-state index in [-0.39, 0.29) is 29.0 Å². The number of carboxylic acids is 1. The Labute approximate surface area is 209 Å². The van der Waals surface area contributed by atoms with Crippen LogP contribution in [0, 0.1) is 17.6 Å². The van der Waals surface area contributed by atoms with Crippen LogP contribution in [0.5, 0.6) is 5.75 Å². The van der Waals surface area contributed by atoms with Crippen molar-refractivity contribution in [3.05, 3.63) is 77.9 Å². The fraction of sp³-hybridized carbons (Fsp3) is 0.240. The Morgan fingerprint density at radius 1 is 1.05 bits per heavy atom. The first-order valence-corrected chi connectivity index (χ1v) is 12.4. The minimum atomic E-state index is -4.79. The molecule has 196 valence electrons. The van der Waals surface area contributed by atoms with Gasteiger partial charge in [0.25, 0.3) is 10.0 Å². The molecule has 1 aliphatic rings. The van der Waals surface area contributed by atoms with Crippen LogP contribution in [0.1, 0.15) is 18.9 Å². The Balaban J connectivity index is 1.83. The van der Waals surface area contributed by atoms with E-state index < -0.39 is 62.8 Å². The zero-order valence-corrected chi connectivity index (χ0v) is 20.0. The summed E-state index contributed by atoms with van der Waals surface area (Å²) >= 11 is 0. The second kappa shape index (κ2) is 9.66. The number of carbonyl (C=O) groups is 1. The van der Waals surface area contributed by atoms with Crippen molar-refractivity contribution in [3.63, 3.8) is 0 Å². The van der Waals surface area contributed by atoms with Gasteiger partial charge in [0.1, 0.15) is 23.5 Å². The van der Waals surface area contributed by atoms with Crippen LogP contribution in [0.4, 0.5) is 27.6 Å². The lowest BCUT2D eigenvalue weighted by Gasteiger charge is -2.36. The van der Waals surface area contributed by atoms with Crippen molar-refractivity contribution in [2.45, 2.75) is 30.5 Å². The van der Waals surface area contributed by atoms with Gasteiger partial charge in [-0.05, 0) is 60.0 Å². The maximum absolute atomic E-state index is 13.8. The molecule has 0 aliphatic carbocycles. The van der Waals surface area contributed by atoms with Crippen molar-refractivity contribution in [3.8, 4) is 16.9 Å². The van der Waals surface area contributed by atoms with Gasteiger partial charge < -0.3 is 9.84 Å². The molecule has 0 aromatic heterocycles. The highest BCUT2D eigenvalue weighted by Gasteiger charge is 2.38. The Kier molecular flexibility index (Phi) is 6.89. The molecular weight excluding hydrogens is 521 g/mol. The van der Waals surface area contributed by atoms with Crippen molar-refractivity contribution in [2.24, 2.45) is 5.92 Å². The number of nitrogens with zero attached hydrogens (tertiary/aromatic N) is 1. The van der Waals surface area contributed by atoms with E-state index >= 15 is 0 Å². The SMILES string of the molecule is CC(C[C@H]1CN(S(=O)(=O)c2cccc(C(F)(F)F)c2)c2cc(-c3cc(F)cc(F)c3)ccc2O1)C(=O)O. The van der Waals surface area contributed by atoms with Crippen LogP contribution in [0.25, 0.3) is 11.1 Å². The fourth-order valence-electron chi connectivity index (χ4n) is 4.02. The second-order valence-corrected chi connectivity index (χ2v) is 10.5. The van der Waals surface area contributed by atoms with Gasteiger partial charge in [-0.15, -0.1) is 0 Å². The number of anilines is 1. The number of fused-ring (bicyclic) bond motifs is 1. The van der Waals surface area contributed by atoms with Gasteiger partial charge in [-0.3, -0.25) is 9.10 Å². The number of benzene rings is 3. The molecule has 0 spiro atoms. The predicted octanol–water partition coefficient (Wildman–Crippen LogP) is 5.72. The van der Waals surface area contributed by atoms with Gasteiger partial charge in [0.15, 0.2) is 0 Å². The normalized spacial score (nSPS) is 16.6. The summed E-state index contributed by atoms with van der Waals surface area (Å²) in [4.78, 5) is 10.7. The van der Waals surface area contributed by atoms with E-state index in [2.05, 4.69) is 0 Å². The molecule has 0 amide bonds. The van der Waals surface area contributed by atoms with Crippen LogP contribution in [0.3, 0.4) is 0 Å². The number of hydrogen-bond donors (Lipinski definition) is 1. The standard InChI is InChI=1S/C25H20F5NO5S/c1-14(24(32)33)7-20-13-31(37(34,35)21-4-2-3-17(11-21)25(28,29)30)22-10-15(5-6-23(22)36-20)16-8-18(26)12-19(27)9-16/h2-6,8-12,14,20H,7,13H2,1H3,(H,32,33)/t14?,20-/m0/s1. The van der Waals surface area contributed by atoms with Crippen LogP contribution >= 0.6 is 0 Å². The van der Waals surface area contributed by atoms with Gasteiger partial charge in [0.05, 0.1) is 28.6 Å². The van der Waals surface area contributed by atoms with E-state index in [4.69, 9.17) is 4.74 Å². The first-order valence-electron chi connectivity index (χ1n) is 11.0. The molecule has 1 N–H and O–H groups in total. The first-order chi connectivity index (χ1) is 17.3. The van der Waals surface area contributed by atoms with Crippen LogP contribution in [-0.2, 0) is 21.0 Å². The number of sulfonamides is 1. The molecule has 4 rings (SSSR count). The van der Waals surface area contributed by atoms with Crippen LogP contribution in [-0.4, -0.2) is 32.1 Å². The Bertz CT molecular complexity index is 1440. The largest absolute Gasteiger partial charge is 0.486 e. The molecule has 0 fully saturated rings. The molecule has 12 heteroatoms. The Morgan fingerprint density at radius 2 is 1.73 bits per heavy atom. The topological polar surface area (TPSA) is 83.9 Å². The highest BCUT2D eigenvalue weighted by atomic mass is 32.2. The van der Waals surface area contributed by atoms with E-state index in [1.807, 2.05) is 0 Å². The second-order valence-electron chi connectivity index (χ2n) is 8.62. The number of alkyl halides is 3. The van der Waals surface area contributed by atoms with E-state index in [9.17, 15) is 40.3 Å². The smallest absolute Gasteiger partial charge is 0.416 e. The van der Waals surface area contributed by atoms with Crippen LogP contribution in [0.15, 0.2) is 65.6 Å². The molecule has 0 saturated heterocycles. The summed E-state index contributed by atoms with van der Waals surface area (Å²) in [5.41, 5.74) is -0.915. The molecule has 3 aromatic carbocycles. The average molecular weight is 541 g/mol. The minimum absolute atomic E-state index is 0.0185. The monoisotopic (exact) mass is 541 g/mol. The average Bonchev–Trinajstić information content (AvgIpc) is 2.82. The summed E-state index contributed by atoms with van der Waals surface area (Å²) in [6.07, 6.45) is -5.81. The minimum Gasteiger partial charge on any atom is -0.486 e. The Morgan fingerprint density at radius 3 is 2.35 bits per heavy atom. The molecule has 0 saturated carbocycles. The molecule has 1 unspecified atom stereocenters. The summed E-state index contributed by atoms with van der Waals surface area (Å²) in [5, 5.41) is 9.27. The van der Waals surface area contributed by atoms with Crippen molar-refractivity contribution >= 4 is 21.7 Å². The quantitative estimate of drug-likeness (QED) is 0.404. The summed E-state index contributed by atoms with van der Waals surface area (Å²) in [6, 6.07) is 10.1.